The Bertz CT molecular complexity index is 550. The second-order valence-corrected chi connectivity index (χ2v) is 6.95. The minimum Gasteiger partial charge on any atom is -0.492 e. The minimum absolute atomic E-state index is 0.185. The van der Waals surface area contributed by atoms with Crippen LogP contribution in [0.25, 0.3) is 0 Å². The molecular formula is C16H23BrN2O3S. The Morgan fingerprint density at radius 2 is 2.09 bits per heavy atom. The van der Waals surface area contributed by atoms with Gasteiger partial charge in [-0.1, -0.05) is 13.8 Å². The molecule has 0 spiro atoms. The lowest BCUT2D eigenvalue weighted by molar-refractivity contribution is 0.0976. The van der Waals surface area contributed by atoms with Gasteiger partial charge in [-0.05, 0) is 65.6 Å². The van der Waals surface area contributed by atoms with E-state index in [9.17, 15) is 4.79 Å². The van der Waals surface area contributed by atoms with Crippen LogP contribution in [-0.2, 0) is 0 Å². The lowest BCUT2D eigenvalue weighted by Crippen LogP contribution is -2.41. The summed E-state index contributed by atoms with van der Waals surface area (Å²) in [6.45, 7) is 6.83. The molecule has 3 N–H and O–H groups in total. The van der Waals surface area contributed by atoms with Crippen molar-refractivity contribution in [3.8, 4) is 5.75 Å². The predicted molar refractivity (Wildman–Crippen MR) is 98.8 cm³/mol. The van der Waals surface area contributed by atoms with E-state index in [1.807, 2.05) is 0 Å². The van der Waals surface area contributed by atoms with Gasteiger partial charge < -0.3 is 15.2 Å². The largest absolute Gasteiger partial charge is 0.492 e. The third kappa shape index (κ3) is 7.76. The van der Waals surface area contributed by atoms with Crippen molar-refractivity contribution in [3.05, 3.63) is 28.2 Å². The maximum absolute atomic E-state index is 12.1. The van der Waals surface area contributed by atoms with Crippen molar-refractivity contribution in [2.24, 2.45) is 5.92 Å². The van der Waals surface area contributed by atoms with Crippen molar-refractivity contribution < 1.29 is 14.6 Å². The van der Waals surface area contributed by atoms with Gasteiger partial charge in [-0.3, -0.25) is 10.1 Å². The van der Waals surface area contributed by atoms with Gasteiger partial charge in [-0.15, -0.1) is 0 Å². The quantitative estimate of drug-likeness (QED) is 0.611. The fourth-order valence-corrected chi connectivity index (χ4v) is 2.29. The standard InChI is InChI=1S/C16H23BrN2O3S/c1-10(2)6-7-22-14-5-4-12(8-13(14)17)15(21)19-16(23)18-9-11(3)20/h4-5,8,10-11,20H,6-7,9H2,1-3H3,(H2,18,19,21,23). The smallest absolute Gasteiger partial charge is 0.257 e. The van der Waals surface area contributed by atoms with E-state index in [1.54, 1.807) is 25.1 Å². The number of amides is 1. The second-order valence-electron chi connectivity index (χ2n) is 5.69. The van der Waals surface area contributed by atoms with E-state index in [0.717, 1.165) is 10.9 Å². The first-order valence-corrected chi connectivity index (χ1v) is 8.69. The molecule has 1 aromatic rings. The summed E-state index contributed by atoms with van der Waals surface area (Å²) in [5, 5.41) is 14.7. The molecule has 0 radical (unpaired) electrons. The van der Waals surface area contributed by atoms with E-state index in [4.69, 9.17) is 22.1 Å². The monoisotopic (exact) mass is 402 g/mol. The van der Waals surface area contributed by atoms with Crippen LogP contribution < -0.4 is 15.4 Å². The average Bonchev–Trinajstić information content (AvgIpc) is 2.46. The molecule has 1 amide bonds. The van der Waals surface area contributed by atoms with Gasteiger partial charge in [0.2, 0.25) is 0 Å². The van der Waals surface area contributed by atoms with Crippen LogP contribution in [0.15, 0.2) is 22.7 Å². The average molecular weight is 403 g/mol. The highest BCUT2D eigenvalue weighted by Crippen LogP contribution is 2.26. The van der Waals surface area contributed by atoms with Crippen LogP contribution in [0.3, 0.4) is 0 Å². The molecule has 23 heavy (non-hydrogen) atoms. The van der Waals surface area contributed by atoms with Gasteiger partial charge in [0.15, 0.2) is 5.11 Å². The number of carbonyl (C=O) groups excluding carboxylic acids is 1. The van der Waals surface area contributed by atoms with Crippen LogP contribution in [0.5, 0.6) is 5.75 Å². The van der Waals surface area contributed by atoms with Crippen LogP contribution >= 0.6 is 28.1 Å². The Balaban J connectivity index is 2.58. The van der Waals surface area contributed by atoms with E-state index < -0.39 is 6.10 Å². The summed E-state index contributed by atoms with van der Waals surface area (Å²) in [7, 11) is 0. The Morgan fingerprint density at radius 3 is 2.65 bits per heavy atom. The Hall–Kier alpha value is -1.18. The maximum atomic E-state index is 12.1. The number of aliphatic hydroxyl groups excluding tert-OH is 1. The summed E-state index contributed by atoms with van der Waals surface area (Å²) in [6, 6.07) is 5.13. The molecule has 0 saturated carbocycles. The summed E-state index contributed by atoms with van der Waals surface area (Å²) in [5.74, 6) is 0.966. The molecule has 7 heteroatoms. The fourth-order valence-electron chi connectivity index (χ4n) is 1.62. The van der Waals surface area contributed by atoms with Gasteiger partial charge in [-0.25, -0.2) is 0 Å². The SMILES string of the molecule is CC(C)CCOc1ccc(C(=O)NC(=S)NCC(C)O)cc1Br. The molecule has 0 aliphatic heterocycles. The van der Waals surface area contributed by atoms with Crippen LogP contribution in [0.2, 0.25) is 0 Å². The lowest BCUT2D eigenvalue weighted by Gasteiger charge is -2.12. The zero-order chi connectivity index (χ0) is 17.4. The highest BCUT2D eigenvalue weighted by atomic mass is 79.9. The van der Waals surface area contributed by atoms with Crippen LogP contribution in [0, 0.1) is 5.92 Å². The number of benzene rings is 1. The van der Waals surface area contributed by atoms with Crippen molar-refractivity contribution in [1.29, 1.82) is 0 Å². The van der Waals surface area contributed by atoms with Gasteiger partial charge in [-0.2, -0.15) is 0 Å². The first-order chi connectivity index (χ1) is 10.8. The van der Waals surface area contributed by atoms with Gasteiger partial charge in [0.1, 0.15) is 5.75 Å². The van der Waals surface area contributed by atoms with Gasteiger partial charge in [0, 0.05) is 12.1 Å². The molecular weight excluding hydrogens is 380 g/mol. The van der Waals surface area contributed by atoms with Crippen LogP contribution in [0.1, 0.15) is 37.6 Å². The minimum atomic E-state index is -0.540. The Morgan fingerprint density at radius 1 is 1.39 bits per heavy atom. The summed E-state index contributed by atoms with van der Waals surface area (Å²) < 4.78 is 6.40. The van der Waals surface area contributed by atoms with Crippen molar-refractivity contribution in [2.45, 2.75) is 33.3 Å². The van der Waals surface area contributed by atoms with E-state index in [-0.39, 0.29) is 17.6 Å². The molecule has 128 valence electrons. The number of ether oxygens (including phenoxy) is 1. The van der Waals surface area contributed by atoms with Crippen LogP contribution in [-0.4, -0.2) is 35.4 Å². The zero-order valence-electron chi connectivity index (χ0n) is 13.6. The number of thiocarbonyl (C=S) groups is 1. The fraction of sp³-hybridized carbons (Fsp3) is 0.500. The molecule has 0 saturated heterocycles. The predicted octanol–water partition coefficient (Wildman–Crippen LogP) is 2.86. The number of hydrogen-bond acceptors (Lipinski definition) is 4. The molecule has 1 aromatic carbocycles. The first kappa shape index (κ1) is 19.9. The summed E-state index contributed by atoms with van der Waals surface area (Å²) in [4.78, 5) is 12.1. The number of carbonyl (C=O) groups is 1. The second kappa shape index (κ2) is 9.85. The number of nitrogens with one attached hydrogen (secondary N) is 2. The number of hydrogen-bond donors (Lipinski definition) is 3. The molecule has 5 nitrogen and oxygen atoms in total. The lowest BCUT2D eigenvalue weighted by atomic mass is 10.1. The molecule has 0 aromatic heterocycles. The van der Waals surface area contributed by atoms with Crippen LogP contribution in [0.4, 0.5) is 0 Å². The Kier molecular flexibility index (Phi) is 8.51. The summed E-state index contributed by atoms with van der Waals surface area (Å²) in [5.41, 5.74) is 0.467. The maximum Gasteiger partial charge on any atom is 0.257 e. The zero-order valence-corrected chi connectivity index (χ0v) is 16.0. The number of aliphatic hydroxyl groups is 1. The molecule has 1 unspecified atom stereocenters. The third-order valence-electron chi connectivity index (χ3n) is 2.93. The van der Waals surface area contributed by atoms with E-state index in [1.165, 1.54) is 0 Å². The van der Waals surface area contributed by atoms with E-state index in [0.29, 0.717) is 23.8 Å². The molecule has 1 atom stereocenters. The van der Waals surface area contributed by atoms with Gasteiger partial charge in [0.05, 0.1) is 17.2 Å². The molecule has 0 aliphatic rings. The van der Waals surface area contributed by atoms with Crippen molar-refractivity contribution in [3.63, 3.8) is 0 Å². The van der Waals surface area contributed by atoms with E-state index in [2.05, 4.69) is 40.4 Å². The van der Waals surface area contributed by atoms with Gasteiger partial charge >= 0.3 is 0 Å². The van der Waals surface area contributed by atoms with Gasteiger partial charge in [0.25, 0.3) is 5.91 Å². The van der Waals surface area contributed by atoms with Crippen molar-refractivity contribution >= 4 is 39.2 Å². The molecule has 0 bridgehead atoms. The molecule has 0 aliphatic carbocycles. The Labute approximate surface area is 150 Å². The van der Waals surface area contributed by atoms with Crippen molar-refractivity contribution in [1.82, 2.24) is 10.6 Å². The van der Waals surface area contributed by atoms with E-state index >= 15 is 0 Å². The highest BCUT2D eigenvalue weighted by Gasteiger charge is 2.11. The third-order valence-corrected chi connectivity index (χ3v) is 3.80. The summed E-state index contributed by atoms with van der Waals surface area (Å²) in [6.07, 6.45) is 0.430. The molecule has 1 rings (SSSR count). The van der Waals surface area contributed by atoms with Crippen molar-refractivity contribution in [2.75, 3.05) is 13.2 Å². The first-order valence-electron chi connectivity index (χ1n) is 7.49. The highest BCUT2D eigenvalue weighted by molar-refractivity contribution is 9.10. The molecule has 0 heterocycles. The molecule has 0 fully saturated rings. The topological polar surface area (TPSA) is 70.6 Å². The summed E-state index contributed by atoms with van der Waals surface area (Å²) >= 11 is 8.41. The number of halogens is 1. The normalized spacial score (nSPS) is 11.9. The number of rotatable bonds is 7.